The number of para-hydroxylation sites is 1. The van der Waals surface area contributed by atoms with E-state index in [0.717, 1.165) is 20.1 Å². The van der Waals surface area contributed by atoms with E-state index in [4.69, 9.17) is 16.3 Å². The molecule has 25 heavy (non-hydrogen) atoms. The van der Waals surface area contributed by atoms with E-state index in [1.807, 2.05) is 16.7 Å². The van der Waals surface area contributed by atoms with E-state index in [1.165, 1.54) is 6.07 Å². The number of thiophene rings is 1. The molecule has 0 saturated heterocycles. The number of aromatic nitrogens is 3. The van der Waals surface area contributed by atoms with Crippen molar-refractivity contribution in [2.24, 2.45) is 0 Å². The highest BCUT2D eigenvalue weighted by Gasteiger charge is 2.14. The zero-order valence-corrected chi connectivity index (χ0v) is 15.6. The van der Waals surface area contributed by atoms with Gasteiger partial charge in [-0.1, -0.05) is 41.6 Å². The van der Waals surface area contributed by atoms with Crippen molar-refractivity contribution in [1.29, 1.82) is 0 Å². The van der Waals surface area contributed by atoms with Crippen LogP contribution in [-0.4, -0.2) is 14.8 Å². The highest BCUT2D eigenvalue weighted by atomic mass is 35.5. The van der Waals surface area contributed by atoms with Crippen molar-refractivity contribution in [3.8, 4) is 5.75 Å². The largest absolute Gasteiger partial charge is 0.483 e. The topological polar surface area (TPSA) is 39.9 Å². The van der Waals surface area contributed by atoms with Gasteiger partial charge < -0.3 is 4.74 Å². The van der Waals surface area contributed by atoms with Crippen LogP contribution in [0.2, 0.25) is 4.34 Å². The lowest BCUT2D eigenvalue weighted by atomic mass is 10.3. The van der Waals surface area contributed by atoms with Crippen molar-refractivity contribution in [1.82, 2.24) is 14.8 Å². The summed E-state index contributed by atoms with van der Waals surface area (Å²) in [4.78, 5) is 1.16. The Morgan fingerprint density at radius 2 is 2.12 bits per heavy atom. The molecule has 0 aliphatic heterocycles. The Labute approximate surface area is 158 Å². The molecule has 4 nitrogen and oxygen atoms in total. The second kappa shape index (κ2) is 8.51. The van der Waals surface area contributed by atoms with Crippen molar-refractivity contribution in [2.45, 2.75) is 24.1 Å². The lowest BCUT2D eigenvalue weighted by molar-refractivity contribution is 0.275. The summed E-state index contributed by atoms with van der Waals surface area (Å²) >= 11 is 9.06. The number of rotatable bonds is 8. The van der Waals surface area contributed by atoms with E-state index in [9.17, 15) is 4.39 Å². The Morgan fingerprint density at radius 3 is 2.84 bits per heavy atom. The first-order chi connectivity index (χ1) is 12.2. The molecular formula is C17H15ClFN3OS2. The van der Waals surface area contributed by atoms with Gasteiger partial charge in [0.05, 0.1) is 4.34 Å². The van der Waals surface area contributed by atoms with Gasteiger partial charge >= 0.3 is 0 Å². The molecule has 0 bridgehead atoms. The fourth-order valence-electron chi connectivity index (χ4n) is 2.11. The lowest BCUT2D eigenvalue weighted by Crippen LogP contribution is -2.08. The van der Waals surface area contributed by atoms with Crippen LogP contribution in [-0.2, 0) is 18.9 Å². The van der Waals surface area contributed by atoms with Crippen LogP contribution in [0.5, 0.6) is 5.75 Å². The van der Waals surface area contributed by atoms with Crippen LogP contribution in [0.3, 0.4) is 0 Å². The minimum absolute atomic E-state index is 0.132. The monoisotopic (exact) mass is 395 g/mol. The van der Waals surface area contributed by atoms with Crippen LogP contribution < -0.4 is 4.74 Å². The van der Waals surface area contributed by atoms with E-state index >= 15 is 0 Å². The molecule has 1 aromatic carbocycles. The first kappa shape index (κ1) is 18.0. The molecule has 0 unspecified atom stereocenters. The van der Waals surface area contributed by atoms with E-state index in [0.29, 0.717) is 12.4 Å². The van der Waals surface area contributed by atoms with Gasteiger partial charge in [-0.25, -0.2) is 4.39 Å². The maximum Gasteiger partial charge on any atom is 0.191 e. The molecule has 2 heterocycles. The molecule has 130 valence electrons. The second-order valence-electron chi connectivity index (χ2n) is 5.01. The Morgan fingerprint density at radius 1 is 1.28 bits per heavy atom. The van der Waals surface area contributed by atoms with Crippen molar-refractivity contribution in [3.05, 3.63) is 69.9 Å². The molecule has 0 fully saturated rings. The smallest absolute Gasteiger partial charge is 0.191 e. The van der Waals surface area contributed by atoms with E-state index in [-0.39, 0.29) is 12.4 Å². The van der Waals surface area contributed by atoms with Crippen LogP contribution in [0.1, 0.15) is 10.7 Å². The average molecular weight is 396 g/mol. The van der Waals surface area contributed by atoms with Crippen LogP contribution in [0.15, 0.2) is 54.2 Å². The SMILES string of the molecule is C=CCn1c(COc2ccccc2F)nnc1SCc1ccc(Cl)s1. The van der Waals surface area contributed by atoms with Crippen LogP contribution in [0, 0.1) is 5.82 Å². The third-order valence-electron chi connectivity index (χ3n) is 3.27. The zero-order valence-electron chi connectivity index (χ0n) is 13.2. The van der Waals surface area contributed by atoms with Crippen molar-refractivity contribution in [3.63, 3.8) is 0 Å². The molecule has 0 atom stereocenters. The highest BCUT2D eigenvalue weighted by Crippen LogP contribution is 2.28. The third-order valence-corrected chi connectivity index (χ3v) is 5.70. The van der Waals surface area contributed by atoms with Crippen LogP contribution in [0.25, 0.3) is 0 Å². The molecular weight excluding hydrogens is 381 g/mol. The number of halogens is 2. The number of nitrogens with zero attached hydrogens (tertiary/aromatic N) is 3. The van der Waals surface area contributed by atoms with Gasteiger partial charge in [0, 0.05) is 17.2 Å². The Hall–Kier alpha value is -1.83. The molecule has 0 aliphatic carbocycles. The molecule has 0 N–H and O–H groups in total. The Balaban J connectivity index is 1.70. The van der Waals surface area contributed by atoms with Gasteiger partial charge in [0.25, 0.3) is 0 Å². The summed E-state index contributed by atoms with van der Waals surface area (Å²) in [5.41, 5.74) is 0. The third kappa shape index (κ3) is 4.62. The summed E-state index contributed by atoms with van der Waals surface area (Å²) in [7, 11) is 0. The van der Waals surface area contributed by atoms with E-state index in [1.54, 1.807) is 47.4 Å². The fraction of sp³-hybridized carbons (Fsp3) is 0.176. The molecule has 3 rings (SSSR count). The maximum absolute atomic E-state index is 13.7. The number of thioether (sulfide) groups is 1. The number of allylic oxidation sites excluding steroid dienone is 1. The summed E-state index contributed by atoms with van der Waals surface area (Å²) < 4.78 is 21.9. The van der Waals surface area contributed by atoms with Gasteiger partial charge in [-0.3, -0.25) is 4.57 Å². The van der Waals surface area contributed by atoms with Gasteiger partial charge in [0.15, 0.2) is 22.5 Å². The molecule has 8 heteroatoms. The highest BCUT2D eigenvalue weighted by molar-refractivity contribution is 7.98. The minimum Gasteiger partial charge on any atom is -0.483 e. The Kier molecular flexibility index (Phi) is 6.12. The summed E-state index contributed by atoms with van der Waals surface area (Å²) in [6, 6.07) is 10.2. The lowest BCUT2D eigenvalue weighted by Gasteiger charge is -2.09. The fourth-order valence-corrected chi connectivity index (χ4v) is 4.21. The molecule has 0 saturated carbocycles. The van der Waals surface area contributed by atoms with Crippen molar-refractivity contribution in [2.75, 3.05) is 0 Å². The van der Waals surface area contributed by atoms with E-state index < -0.39 is 5.82 Å². The van der Waals surface area contributed by atoms with Gasteiger partial charge in [0.2, 0.25) is 0 Å². The molecule has 0 spiro atoms. The molecule has 0 aliphatic rings. The quantitative estimate of drug-likeness (QED) is 0.388. The Bertz CT molecular complexity index is 865. The van der Waals surface area contributed by atoms with E-state index in [2.05, 4.69) is 16.8 Å². The second-order valence-corrected chi connectivity index (χ2v) is 7.75. The molecule has 0 radical (unpaired) electrons. The summed E-state index contributed by atoms with van der Waals surface area (Å²) in [5.74, 6) is 1.16. The number of benzene rings is 1. The van der Waals surface area contributed by atoms with Gasteiger partial charge in [-0.15, -0.1) is 28.1 Å². The number of ether oxygens (including phenoxy) is 1. The zero-order chi connectivity index (χ0) is 17.6. The first-order valence-electron chi connectivity index (χ1n) is 7.44. The van der Waals surface area contributed by atoms with Gasteiger partial charge in [-0.2, -0.15) is 0 Å². The first-order valence-corrected chi connectivity index (χ1v) is 9.62. The predicted molar refractivity (Wildman–Crippen MR) is 99.8 cm³/mol. The average Bonchev–Trinajstić information content (AvgIpc) is 3.19. The van der Waals surface area contributed by atoms with Gasteiger partial charge in [0.1, 0.15) is 6.61 Å². The molecule has 3 aromatic rings. The van der Waals surface area contributed by atoms with Crippen LogP contribution >= 0.6 is 34.7 Å². The van der Waals surface area contributed by atoms with Crippen LogP contribution in [0.4, 0.5) is 4.39 Å². The normalized spacial score (nSPS) is 10.8. The number of hydrogen-bond donors (Lipinski definition) is 0. The predicted octanol–water partition coefficient (Wildman–Crippen LogP) is 5.19. The minimum atomic E-state index is -0.401. The maximum atomic E-state index is 13.7. The molecule has 0 amide bonds. The summed E-state index contributed by atoms with van der Waals surface area (Å²) in [5, 5.41) is 9.15. The molecule has 2 aromatic heterocycles. The van der Waals surface area contributed by atoms with Gasteiger partial charge in [-0.05, 0) is 24.3 Å². The van der Waals surface area contributed by atoms with Crippen molar-refractivity contribution >= 4 is 34.7 Å². The summed E-state index contributed by atoms with van der Waals surface area (Å²) in [6.45, 7) is 4.45. The van der Waals surface area contributed by atoms with Crippen molar-refractivity contribution < 1.29 is 9.13 Å². The summed E-state index contributed by atoms with van der Waals surface area (Å²) in [6.07, 6.45) is 1.77. The number of hydrogen-bond acceptors (Lipinski definition) is 5. The standard InChI is InChI=1S/C17H15ClFN3OS2/c1-2-9-22-16(10-23-14-6-4-3-5-13(14)19)20-21-17(22)24-11-12-7-8-15(18)25-12/h2-8H,1,9-11H2.